The number of carbonyl (C=O) groups excluding carboxylic acids is 1. The molecule has 1 saturated heterocycles. The third-order valence-corrected chi connectivity index (χ3v) is 3.83. The maximum absolute atomic E-state index is 11.7. The topological polar surface area (TPSA) is 59.6 Å². The summed E-state index contributed by atoms with van der Waals surface area (Å²) < 4.78 is 10.6. The summed E-state index contributed by atoms with van der Waals surface area (Å²) in [7, 11) is 1.67. The molecular weight excluding hydrogens is 280 g/mol. The highest BCUT2D eigenvalue weighted by atomic mass is 16.5. The zero-order chi connectivity index (χ0) is 15.6. The largest absolute Gasteiger partial charge is 0.497 e. The number of nitrogens with one attached hydrogen (secondary N) is 2. The first kappa shape index (κ1) is 16.8. The van der Waals surface area contributed by atoms with Crippen LogP contribution in [0, 0.1) is 0 Å². The van der Waals surface area contributed by atoms with Crippen molar-refractivity contribution in [3.05, 3.63) is 29.8 Å². The lowest BCUT2D eigenvalue weighted by atomic mass is 10.1. The van der Waals surface area contributed by atoms with Crippen LogP contribution in [0.3, 0.4) is 0 Å². The summed E-state index contributed by atoms with van der Waals surface area (Å²) in [6.07, 6.45) is 3.83. The molecule has 0 aliphatic carbocycles. The van der Waals surface area contributed by atoms with Crippen LogP contribution in [0.2, 0.25) is 0 Å². The summed E-state index contributed by atoms with van der Waals surface area (Å²) in [6, 6.07) is 8.06. The van der Waals surface area contributed by atoms with E-state index in [0.717, 1.165) is 38.2 Å². The van der Waals surface area contributed by atoms with Crippen LogP contribution in [-0.2, 0) is 16.0 Å². The molecular formula is C17H26N2O3. The Labute approximate surface area is 132 Å². The normalized spacial score (nSPS) is 17.4. The minimum atomic E-state index is 0.0902. The van der Waals surface area contributed by atoms with Crippen molar-refractivity contribution in [1.82, 2.24) is 10.6 Å². The fourth-order valence-electron chi connectivity index (χ4n) is 2.47. The van der Waals surface area contributed by atoms with Gasteiger partial charge in [0, 0.05) is 26.1 Å². The highest BCUT2D eigenvalue weighted by molar-refractivity contribution is 5.76. The average Bonchev–Trinajstić information content (AvgIpc) is 3.06. The van der Waals surface area contributed by atoms with Gasteiger partial charge in [-0.2, -0.15) is 0 Å². The van der Waals surface area contributed by atoms with Gasteiger partial charge >= 0.3 is 0 Å². The number of ether oxygens (including phenoxy) is 2. The van der Waals surface area contributed by atoms with Crippen LogP contribution < -0.4 is 15.4 Å². The molecule has 1 aliphatic heterocycles. The van der Waals surface area contributed by atoms with Gasteiger partial charge in [-0.3, -0.25) is 4.79 Å². The van der Waals surface area contributed by atoms with Gasteiger partial charge in [-0.1, -0.05) is 12.1 Å². The molecule has 1 heterocycles. The lowest BCUT2D eigenvalue weighted by Gasteiger charge is -2.11. The predicted octanol–water partition coefficient (Wildman–Crippen LogP) is 1.51. The Kier molecular flexibility index (Phi) is 7.19. The smallest absolute Gasteiger partial charge is 0.221 e. The number of amides is 1. The molecule has 1 atom stereocenters. The van der Waals surface area contributed by atoms with Crippen molar-refractivity contribution < 1.29 is 14.3 Å². The number of hydrogen-bond acceptors (Lipinski definition) is 4. The Morgan fingerprint density at radius 1 is 1.32 bits per heavy atom. The third kappa shape index (κ3) is 6.03. The van der Waals surface area contributed by atoms with E-state index in [4.69, 9.17) is 9.47 Å². The second-order valence-electron chi connectivity index (χ2n) is 5.54. The van der Waals surface area contributed by atoms with Gasteiger partial charge < -0.3 is 20.1 Å². The molecule has 0 saturated carbocycles. The maximum Gasteiger partial charge on any atom is 0.221 e. The molecule has 2 rings (SSSR count). The van der Waals surface area contributed by atoms with Gasteiger partial charge in [0.25, 0.3) is 0 Å². The summed E-state index contributed by atoms with van der Waals surface area (Å²) in [6.45, 7) is 3.04. The van der Waals surface area contributed by atoms with Gasteiger partial charge in [0.2, 0.25) is 5.91 Å². The molecule has 22 heavy (non-hydrogen) atoms. The van der Waals surface area contributed by atoms with Crippen LogP contribution in [0.15, 0.2) is 24.3 Å². The molecule has 1 fully saturated rings. The quantitative estimate of drug-likeness (QED) is 0.679. The van der Waals surface area contributed by atoms with E-state index in [1.807, 2.05) is 12.1 Å². The number of rotatable bonds is 9. The van der Waals surface area contributed by atoms with E-state index in [2.05, 4.69) is 22.8 Å². The van der Waals surface area contributed by atoms with Crippen molar-refractivity contribution in [3.63, 3.8) is 0 Å². The second kappa shape index (κ2) is 9.43. The molecule has 0 radical (unpaired) electrons. The standard InChI is InChI=1S/C17H26N2O3/c1-21-15-6-4-14(5-7-15)8-10-18-11-9-17(20)19-13-16-3-2-12-22-16/h4-7,16,18H,2-3,8-13H2,1H3,(H,19,20). The Balaban J connectivity index is 1.50. The van der Waals surface area contributed by atoms with Crippen molar-refractivity contribution in [2.24, 2.45) is 0 Å². The third-order valence-electron chi connectivity index (χ3n) is 3.83. The first-order valence-electron chi connectivity index (χ1n) is 8.00. The van der Waals surface area contributed by atoms with Gasteiger partial charge in [0.15, 0.2) is 0 Å². The van der Waals surface area contributed by atoms with Crippen molar-refractivity contribution >= 4 is 5.91 Å². The zero-order valence-corrected chi connectivity index (χ0v) is 13.3. The summed E-state index contributed by atoms with van der Waals surface area (Å²) in [4.78, 5) is 11.7. The van der Waals surface area contributed by atoms with Gasteiger partial charge in [-0.05, 0) is 43.5 Å². The van der Waals surface area contributed by atoms with Gasteiger partial charge in [0.1, 0.15) is 5.75 Å². The zero-order valence-electron chi connectivity index (χ0n) is 13.3. The second-order valence-corrected chi connectivity index (χ2v) is 5.54. The van der Waals surface area contributed by atoms with E-state index in [9.17, 15) is 4.79 Å². The lowest BCUT2D eigenvalue weighted by molar-refractivity contribution is -0.121. The highest BCUT2D eigenvalue weighted by Crippen LogP contribution is 2.11. The summed E-state index contributed by atoms with van der Waals surface area (Å²) >= 11 is 0. The van der Waals surface area contributed by atoms with Gasteiger partial charge in [0.05, 0.1) is 13.2 Å². The monoisotopic (exact) mass is 306 g/mol. The van der Waals surface area contributed by atoms with Crippen LogP contribution in [0.5, 0.6) is 5.75 Å². The molecule has 122 valence electrons. The first-order valence-corrected chi connectivity index (χ1v) is 8.00. The molecule has 5 nitrogen and oxygen atoms in total. The average molecular weight is 306 g/mol. The van der Waals surface area contributed by atoms with Crippen molar-refractivity contribution in [2.75, 3.05) is 33.4 Å². The first-order chi connectivity index (χ1) is 10.8. The Hall–Kier alpha value is -1.59. The molecule has 1 aromatic carbocycles. The molecule has 0 bridgehead atoms. The summed E-state index contributed by atoms with van der Waals surface area (Å²) in [5.74, 6) is 0.965. The SMILES string of the molecule is COc1ccc(CCNCCC(=O)NCC2CCCO2)cc1. The molecule has 5 heteroatoms. The molecule has 2 N–H and O–H groups in total. The van der Waals surface area contributed by atoms with Gasteiger partial charge in [-0.15, -0.1) is 0 Å². The molecule has 1 amide bonds. The lowest BCUT2D eigenvalue weighted by Crippen LogP contribution is -2.33. The fourth-order valence-corrected chi connectivity index (χ4v) is 2.47. The minimum absolute atomic E-state index is 0.0902. The highest BCUT2D eigenvalue weighted by Gasteiger charge is 2.15. The van der Waals surface area contributed by atoms with Crippen molar-refractivity contribution in [2.45, 2.75) is 31.8 Å². The van der Waals surface area contributed by atoms with Crippen LogP contribution in [0.1, 0.15) is 24.8 Å². The van der Waals surface area contributed by atoms with Crippen LogP contribution in [0.25, 0.3) is 0 Å². The number of hydrogen-bond donors (Lipinski definition) is 2. The molecule has 1 aliphatic rings. The fraction of sp³-hybridized carbons (Fsp3) is 0.588. The molecule has 0 aromatic heterocycles. The van der Waals surface area contributed by atoms with E-state index in [0.29, 0.717) is 19.5 Å². The molecule has 1 aromatic rings. The number of methoxy groups -OCH3 is 1. The van der Waals surface area contributed by atoms with Crippen LogP contribution >= 0.6 is 0 Å². The Morgan fingerprint density at radius 2 is 2.14 bits per heavy atom. The Morgan fingerprint density at radius 3 is 2.82 bits per heavy atom. The molecule has 1 unspecified atom stereocenters. The minimum Gasteiger partial charge on any atom is -0.497 e. The predicted molar refractivity (Wildman–Crippen MR) is 86.2 cm³/mol. The van der Waals surface area contributed by atoms with Crippen LogP contribution in [0.4, 0.5) is 0 Å². The van der Waals surface area contributed by atoms with E-state index in [-0.39, 0.29) is 12.0 Å². The number of carbonyl (C=O) groups is 1. The van der Waals surface area contributed by atoms with Crippen LogP contribution in [-0.4, -0.2) is 45.4 Å². The van der Waals surface area contributed by atoms with Crippen molar-refractivity contribution in [3.8, 4) is 5.75 Å². The van der Waals surface area contributed by atoms with Gasteiger partial charge in [-0.25, -0.2) is 0 Å². The summed E-state index contributed by atoms with van der Waals surface area (Å²) in [5, 5.41) is 6.23. The van der Waals surface area contributed by atoms with E-state index in [1.54, 1.807) is 7.11 Å². The summed E-state index contributed by atoms with van der Waals surface area (Å²) in [5.41, 5.74) is 1.26. The Bertz CT molecular complexity index is 442. The van der Waals surface area contributed by atoms with Crippen molar-refractivity contribution in [1.29, 1.82) is 0 Å². The van der Waals surface area contributed by atoms with E-state index >= 15 is 0 Å². The maximum atomic E-state index is 11.7. The number of benzene rings is 1. The van der Waals surface area contributed by atoms with E-state index in [1.165, 1.54) is 5.56 Å². The molecule has 0 spiro atoms. The van der Waals surface area contributed by atoms with E-state index < -0.39 is 0 Å².